The highest BCUT2D eigenvalue weighted by atomic mass is 32.1. The van der Waals surface area contributed by atoms with Crippen molar-refractivity contribution in [3.05, 3.63) is 79.8 Å². The molecule has 8 rings (SSSR count). The molecule has 4 unspecified atom stereocenters. The van der Waals surface area contributed by atoms with Gasteiger partial charge < -0.3 is 24.8 Å². The number of halogens is 1. The Balaban J connectivity index is 0.987. The highest BCUT2D eigenvalue weighted by Gasteiger charge is 2.45. The number of hydrogen-bond acceptors (Lipinski definition) is 9. The minimum Gasteiger partial charge on any atom is -0.342 e. The number of anilines is 3. The SMILES string of the molecule is CN1CCC(c2ccc(Nc3cc(-c4nc(NC5OC5c5cc6c(s5)C5CCC6C5)ccc4F)cn(C)c3=O)nn2)CC1. The molecular formula is C32H34FN7O2S. The van der Waals surface area contributed by atoms with Crippen molar-refractivity contribution in [2.24, 2.45) is 7.05 Å². The second-order valence-corrected chi connectivity index (χ2v) is 13.5. The van der Waals surface area contributed by atoms with Crippen LogP contribution < -0.4 is 16.2 Å². The molecule has 2 bridgehead atoms. The smallest absolute Gasteiger partial charge is 0.274 e. The summed E-state index contributed by atoms with van der Waals surface area (Å²) in [4.78, 5) is 22.7. The molecular weight excluding hydrogens is 565 g/mol. The molecule has 11 heteroatoms. The van der Waals surface area contributed by atoms with Crippen LogP contribution in [0.5, 0.6) is 0 Å². The van der Waals surface area contributed by atoms with E-state index in [1.165, 1.54) is 40.3 Å². The summed E-state index contributed by atoms with van der Waals surface area (Å²) in [5.74, 6) is 2.36. The lowest BCUT2D eigenvalue weighted by atomic mass is 9.94. The van der Waals surface area contributed by atoms with Gasteiger partial charge in [-0.3, -0.25) is 4.79 Å². The number of piperidine rings is 1. The largest absolute Gasteiger partial charge is 0.342 e. The van der Waals surface area contributed by atoms with Crippen LogP contribution in [0, 0.1) is 5.82 Å². The Morgan fingerprint density at radius 2 is 1.79 bits per heavy atom. The molecule has 4 aromatic heterocycles. The first kappa shape index (κ1) is 26.9. The van der Waals surface area contributed by atoms with E-state index >= 15 is 4.39 Å². The van der Waals surface area contributed by atoms with Gasteiger partial charge in [-0.05, 0) is 106 Å². The van der Waals surface area contributed by atoms with Crippen molar-refractivity contribution in [2.45, 2.75) is 62.2 Å². The lowest BCUT2D eigenvalue weighted by Gasteiger charge is -2.28. The molecule has 0 spiro atoms. The standard InChI is InChI=1S/C32H34FN7O2S/c1-39-11-9-17(10-12-39)23-6-8-27(38-37-23)34-24-14-20(16-40(2)32(24)41)28-22(33)5-7-26(35-28)36-31-29(42-31)25-15-21-18-3-4-19(13-18)30(21)43-25/h5-8,14-19,29,31H,3-4,9-13H2,1-2H3,(H,34,38)(H,35,36). The van der Waals surface area contributed by atoms with E-state index in [4.69, 9.17) is 4.74 Å². The second kappa shape index (κ2) is 10.5. The molecule has 2 saturated heterocycles. The Labute approximate surface area is 253 Å². The quantitative estimate of drug-likeness (QED) is 0.255. The van der Waals surface area contributed by atoms with E-state index in [1.807, 2.05) is 23.5 Å². The second-order valence-electron chi connectivity index (χ2n) is 12.4. The zero-order valence-electron chi connectivity index (χ0n) is 24.2. The summed E-state index contributed by atoms with van der Waals surface area (Å²) < 4.78 is 22.5. The first-order valence-corrected chi connectivity index (χ1v) is 15.9. The zero-order chi connectivity index (χ0) is 29.2. The number of likely N-dealkylation sites (tertiary alicyclic amines) is 1. The minimum atomic E-state index is -0.476. The number of fused-ring (bicyclic) bond motifs is 5. The van der Waals surface area contributed by atoms with Crippen molar-refractivity contribution in [3.63, 3.8) is 0 Å². The fourth-order valence-corrected chi connectivity index (χ4v) is 8.49. The Kier molecular flexibility index (Phi) is 6.57. The Morgan fingerprint density at radius 1 is 0.977 bits per heavy atom. The van der Waals surface area contributed by atoms with Crippen LogP contribution in [0.2, 0.25) is 0 Å². The molecule has 0 aromatic carbocycles. The number of ether oxygens (including phenoxy) is 1. The van der Waals surface area contributed by atoms with E-state index < -0.39 is 5.82 Å². The highest BCUT2D eigenvalue weighted by Crippen LogP contribution is 2.58. The van der Waals surface area contributed by atoms with Crippen LogP contribution >= 0.6 is 11.3 Å². The van der Waals surface area contributed by atoms with Crippen LogP contribution in [0.25, 0.3) is 11.3 Å². The summed E-state index contributed by atoms with van der Waals surface area (Å²) in [5.41, 5.74) is 3.13. The number of hydrogen-bond donors (Lipinski definition) is 2. The molecule has 6 heterocycles. The first-order chi connectivity index (χ1) is 20.9. The zero-order valence-corrected chi connectivity index (χ0v) is 25.0. The van der Waals surface area contributed by atoms with Crippen LogP contribution in [0.4, 0.5) is 21.7 Å². The van der Waals surface area contributed by atoms with E-state index in [1.54, 1.807) is 30.3 Å². The van der Waals surface area contributed by atoms with Gasteiger partial charge in [0, 0.05) is 34.5 Å². The third kappa shape index (κ3) is 5.03. The van der Waals surface area contributed by atoms with E-state index in [0.29, 0.717) is 23.1 Å². The van der Waals surface area contributed by atoms with Crippen molar-refractivity contribution in [1.82, 2.24) is 24.6 Å². The number of nitrogens with zero attached hydrogens (tertiary/aromatic N) is 5. The molecule has 4 atom stereocenters. The third-order valence-electron chi connectivity index (χ3n) is 9.50. The van der Waals surface area contributed by atoms with Gasteiger partial charge in [0.25, 0.3) is 5.56 Å². The number of aromatic nitrogens is 4. The number of epoxide rings is 1. The first-order valence-electron chi connectivity index (χ1n) is 15.1. The van der Waals surface area contributed by atoms with E-state index in [-0.39, 0.29) is 29.3 Å². The van der Waals surface area contributed by atoms with Gasteiger partial charge in [0.1, 0.15) is 29.1 Å². The van der Waals surface area contributed by atoms with Crippen molar-refractivity contribution in [2.75, 3.05) is 30.8 Å². The summed E-state index contributed by atoms with van der Waals surface area (Å²) in [7, 11) is 3.77. The van der Waals surface area contributed by atoms with E-state index in [2.05, 4.69) is 43.8 Å². The molecule has 4 aromatic rings. The van der Waals surface area contributed by atoms with Gasteiger partial charge in [-0.1, -0.05) is 0 Å². The van der Waals surface area contributed by atoms with Crippen LogP contribution in [0.1, 0.15) is 77.0 Å². The molecule has 0 amide bonds. The fraction of sp³-hybridized carbons (Fsp3) is 0.438. The lowest BCUT2D eigenvalue weighted by Crippen LogP contribution is -2.29. The lowest BCUT2D eigenvalue weighted by molar-refractivity contribution is 0.253. The predicted octanol–water partition coefficient (Wildman–Crippen LogP) is 5.86. The number of rotatable bonds is 7. The van der Waals surface area contributed by atoms with Gasteiger partial charge in [0.2, 0.25) is 0 Å². The molecule has 2 aliphatic carbocycles. The summed E-state index contributed by atoms with van der Waals surface area (Å²) >= 11 is 1.89. The maximum atomic E-state index is 15.1. The van der Waals surface area contributed by atoms with Gasteiger partial charge in [-0.25, -0.2) is 9.37 Å². The van der Waals surface area contributed by atoms with Gasteiger partial charge in [-0.2, -0.15) is 5.10 Å². The summed E-state index contributed by atoms with van der Waals surface area (Å²) in [5, 5.41) is 15.2. The maximum Gasteiger partial charge on any atom is 0.274 e. The van der Waals surface area contributed by atoms with Gasteiger partial charge in [-0.15, -0.1) is 16.4 Å². The van der Waals surface area contributed by atoms with E-state index in [0.717, 1.165) is 43.5 Å². The number of aryl methyl sites for hydroxylation is 1. The summed E-state index contributed by atoms with van der Waals surface area (Å²) in [6.45, 7) is 2.09. The van der Waals surface area contributed by atoms with Gasteiger partial charge in [0.15, 0.2) is 12.0 Å². The summed E-state index contributed by atoms with van der Waals surface area (Å²) in [6, 6.07) is 10.8. The van der Waals surface area contributed by atoms with Gasteiger partial charge >= 0.3 is 0 Å². The van der Waals surface area contributed by atoms with Crippen LogP contribution in [0.3, 0.4) is 0 Å². The van der Waals surface area contributed by atoms with Crippen LogP contribution in [0.15, 0.2) is 47.4 Å². The highest BCUT2D eigenvalue weighted by molar-refractivity contribution is 7.12. The van der Waals surface area contributed by atoms with Crippen molar-refractivity contribution in [1.29, 1.82) is 0 Å². The van der Waals surface area contributed by atoms with E-state index in [9.17, 15) is 4.79 Å². The molecule has 3 fully saturated rings. The fourth-order valence-electron chi connectivity index (χ4n) is 7.03. The van der Waals surface area contributed by atoms with Gasteiger partial charge in [0.05, 0.1) is 5.69 Å². The normalized spacial score (nSPS) is 24.7. The topological polar surface area (TPSA) is 100 Å². The minimum absolute atomic E-state index is 0.00870. The van der Waals surface area contributed by atoms with Crippen molar-refractivity contribution < 1.29 is 9.13 Å². The third-order valence-corrected chi connectivity index (χ3v) is 10.9. The molecule has 4 aliphatic rings. The molecule has 43 heavy (non-hydrogen) atoms. The average molecular weight is 600 g/mol. The monoisotopic (exact) mass is 599 g/mol. The molecule has 0 radical (unpaired) electrons. The molecule has 2 N–H and O–H groups in total. The molecule has 9 nitrogen and oxygen atoms in total. The summed E-state index contributed by atoms with van der Waals surface area (Å²) in [6.07, 6.45) is 7.43. The van der Waals surface area contributed by atoms with Crippen LogP contribution in [-0.2, 0) is 11.8 Å². The Hall–Kier alpha value is -3.67. The number of pyridine rings is 2. The Bertz CT molecular complexity index is 1720. The van der Waals surface area contributed by atoms with Crippen molar-refractivity contribution >= 4 is 28.7 Å². The predicted molar refractivity (Wildman–Crippen MR) is 165 cm³/mol. The molecule has 1 saturated carbocycles. The average Bonchev–Trinajstić information content (AvgIpc) is 3.33. The maximum absolute atomic E-state index is 15.1. The Morgan fingerprint density at radius 3 is 2.58 bits per heavy atom. The van der Waals surface area contributed by atoms with Crippen LogP contribution in [-0.4, -0.2) is 51.0 Å². The molecule has 2 aliphatic heterocycles. The number of nitrogens with one attached hydrogen (secondary N) is 2. The van der Waals surface area contributed by atoms with Crippen molar-refractivity contribution in [3.8, 4) is 11.3 Å². The number of thiophene rings is 1. The molecule has 222 valence electrons.